The molecule has 0 radical (unpaired) electrons. The lowest BCUT2D eigenvalue weighted by atomic mass is 10.1. The average Bonchev–Trinajstić information content (AvgIpc) is 2.98. The number of carbonyl (C=O) groups is 1. The molecule has 4 nitrogen and oxygen atoms in total. The number of nitrogens with zero attached hydrogens (tertiary/aromatic N) is 3. The van der Waals surface area contributed by atoms with Crippen LogP contribution in [0.25, 0.3) is 11.3 Å². The summed E-state index contributed by atoms with van der Waals surface area (Å²) in [4.78, 5) is 14.1. The van der Waals surface area contributed by atoms with Crippen LogP contribution in [0.15, 0.2) is 30.7 Å². The summed E-state index contributed by atoms with van der Waals surface area (Å²) >= 11 is 0. The number of aromatic nitrogens is 3. The summed E-state index contributed by atoms with van der Waals surface area (Å²) in [5, 5.41) is 4.13. The first kappa shape index (κ1) is 16.7. The van der Waals surface area contributed by atoms with Gasteiger partial charge in [-0.1, -0.05) is 0 Å². The number of Topliss-reactive ketones (excluding diaryl/α,β-unsaturated/α-hetero) is 1. The van der Waals surface area contributed by atoms with Crippen LogP contribution in [-0.2, 0) is 17.5 Å². The fraction of sp³-hybridized carbons (Fsp3) is 0.471. The minimum absolute atomic E-state index is 0.368. The molecule has 2 aromatic rings. The van der Waals surface area contributed by atoms with Crippen molar-refractivity contribution in [2.24, 2.45) is 11.8 Å². The molecular formula is C17H18F3N3O. The number of hydrogen-bond acceptors (Lipinski definition) is 3. The molecule has 4 rings (SSSR count). The van der Waals surface area contributed by atoms with E-state index < -0.39 is 11.7 Å². The molecular weight excluding hydrogens is 319 g/mol. The van der Waals surface area contributed by atoms with Crippen LogP contribution in [0.1, 0.15) is 31.7 Å². The van der Waals surface area contributed by atoms with Crippen molar-refractivity contribution in [2.75, 3.05) is 0 Å². The predicted molar refractivity (Wildman–Crippen MR) is 82.0 cm³/mol. The molecule has 0 bridgehead atoms. The van der Waals surface area contributed by atoms with E-state index >= 15 is 0 Å². The van der Waals surface area contributed by atoms with Crippen molar-refractivity contribution in [3.8, 4) is 11.3 Å². The molecule has 0 saturated heterocycles. The lowest BCUT2D eigenvalue weighted by Crippen LogP contribution is -2.05. The Hall–Kier alpha value is -2.18. The number of alkyl halides is 3. The maximum atomic E-state index is 12.5. The monoisotopic (exact) mass is 337 g/mol. The van der Waals surface area contributed by atoms with E-state index in [1.165, 1.54) is 12.6 Å². The van der Waals surface area contributed by atoms with Crippen molar-refractivity contribution < 1.29 is 18.0 Å². The molecule has 2 aliphatic carbocycles. The van der Waals surface area contributed by atoms with E-state index in [-0.39, 0.29) is 0 Å². The van der Waals surface area contributed by atoms with Gasteiger partial charge in [0.05, 0.1) is 11.3 Å². The molecule has 0 amide bonds. The minimum atomic E-state index is -4.38. The summed E-state index contributed by atoms with van der Waals surface area (Å²) < 4.78 is 39.1. The van der Waals surface area contributed by atoms with Gasteiger partial charge < -0.3 is 0 Å². The van der Waals surface area contributed by atoms with Gasteiger partial charge in [-0.2, -0.15) is 18.3 Å². The highest BCUT2D eigenvalue weighted by atomic mass is 19.4. The van der Waals surface area contributed by atoms with Gasteiger partial charge in [0.2, 0.25) is 0 Å². The van der Waals surface area contributed by atoms with Crippen molar-refractivity contribution in [2.45, 2.75) is 38.9 Å². The Kier molecular flexibility index (Phi) is 4.43. The Morgan fingerprint density at radius 2 is 1.96 bits per heavy atom. The van der Waals surface area contributed by atoms with Crippen LogP contribution in [0.2, 0.25) is 0 Å². The Morgan fingerprint density at radius 3 is 2.46 bits per heavy atom. The van der Waals surface area contributed by atoms with E-state index in [2.05, 4.69) is 10.1 Å². The number of halogens is 3. The van der Waals surface area contributed by atoms with Crippen molar-refractivity contribution >= 4 is 5.78 Å². The van der Waals surface area contributed by atoms with Crippen LogP contribution in [0, 0.1) is 11.8 Å². The van der Waals surface area contributed by atoms with E-state index in [4.69, 9.17) is 0 Å². The summed E-state index contributed by atoms with van der Waals surface area (Å²) in [6, 6.07) is 2.72. The number of pyridine rings is 1. The molecule has 128 valence electrons. The molecule has 0 spiro atoms. The van der Waals surface area contributed by atoms with E-state index in [9.17, 15) is 18.0 Å². The third-order valence-electron chi connectivity index (χ3n) is 4.37. The van der Waals surface area contributed by atoms with Gasteiger partial charge in [0.25, 0.3) is 0 Å². The highest BCUT2D eigenvalue weighted by Crippen LogP contribution is 2.49. The number of aryl methyl sites for hydroxylation is 1. The van der Waals surface area contributed by atoms with Gasteiger partial charge in [-0.25, -0.2) is 0 Å². The average molecular weight is 337 g/mol. The molecule has 2 atom stereocenters. The molecule has 2 fully saturated rings. The van der Waals surface area contributed by atoms with Crippen LogP contribution >= 0.6 is 0 Å². The number of hydrogen-bond donors (Lipinski definition) is 0. The van der Waals surface area contributed by atoms with Gasteiger partial charge in [0.15, 0.2) is 0 Å². The topological polar surface area (TPSA) is 47.8 Å². The second-order valence-electron chi connectivity index (χ2n) is 6.22. The van der Waals surface area contributed by atoms with Gasteiger partial charge in [-0.15, -0.1) is 0 Å². The third-order valence-corrected chi connectivity index (χ3v) is 4.37. The van der Waals surface area contributed by atoms with Crippen LogP contribution in [-0.4, -0.2) is 20.5 Å². The number of rotatable bonds is 2. The minimum Gasteiger partial charge on any atom is -0.300 e. The normalized spacial score (nSPS) is 21.9. The smallest absolute Gasteiger partial charge is 0.300 e. The summed E-state index contributed by atoms with van der Waals surface area (Å²) in [5.74, 6) is 2.18. The maximum Gasteiger partial charge on any atom is 0.417 e. The molecule has 2 aromatic heterocycles. The van der Waals surface area contributed by atoms with E-state index in [1.807, 2.05) is 6.92 Å². The highest BCUT2D eigenvalue weighted by molar-refractivity contribution is 5.82. The Morgan fingerprint density at radius 1 is 1.25 bits per heavy atom. The van der Waals surface area contributed by atoms with Gasteiger partial charge in [-0.3, -0.25) is 14.5 Å². The molecule has 2 aliphatic rings. The fourth-order valence-corrected chi connectivity index (χ4v) is 2.91. The Bertz CT molecular complexity index is 727. The van der Waals surface area contributed by atoms with Crippen molar-refractivity contribution in [1.82, 2.24) is 14.8 Å². The molecule has 2 heterocycles. The van der Waals surface area contributed by atoms with Crippen molar-refractivity contribution in [3.05, 3.63) is 36.3 Å². The molecule has 0 aromatic carbocycles. The summed E-state index contributed by atoms with van der Waals surface area (Å²) in [6.45, 7) is 2.58. The highest BCUT2D eigenvalue weighted by Gasteiger charge is 2.45. The third kappa shape index (κ3) is 3.83. The molecule has 0 aliphatic heterocycles. The molecule has 2 unspecified atom stereocenters. The lowest BCUT2D eigenvalue weighted by molar-refractivity contribution is -0.137. The van der Waals surface area contributed by atoms with Crippen LogP contribution in [0.5, 0.6) is 0 Å². The number of carbonyl (C=O) groups excluding carboxylic acids is 1. The number of ketones is 1. The second kappa shape index (κ2) is 6.37. The second-order valence-corrected chi connectivity index (χ2v) is 6.22. The fourth-order valence-electron chi connectivity index (χ4n) is 2.91. The first-order valence-corrected chi connectivity index (χ1v) is 7.94. The standard InChI is InChI=1S/C11H10F3N3.C6H8O/c1-2-17-4-3-10(16-17)8-5-9(7-15-6-8)11(12,13)14;7-6-2-4-1-5(4)3-6/h3-7H,2H2,1H3;4-5H,1-3H2. The van der Waals surface area contributed by atoms with Crippen molar-refractivity contribution in [3.63, 3.8) is 0 Å². The number of fused-ring (bicyclic) bond motifs is 1. The van der Waals surface area contributed by atoms with Gasteiger partial charge in [0.1, 0.15) is 5.78 Å². The quantitative estimate of drug-likeness (QED) is 0.833. The summed E-state index contributed by atoms with van der Waals surface area (Å²) in [5.41, 5.74) is 0.0959. The lowest BCUT2D eigenvalue weighted by Gasteiger charge is -2.06. The SMILES string of the molecule is CCn1ccc(-c2cncc(C(F)(F)F)c2)n1.O=C1CC2CC2C1. The van der Waals surface area contributed by atoms with Crippen LogP contribution in [0.3, 0.4) is 0 Å². The zero-order valence-electron chi connectivity index (χ0n) is 13.3. The van der Waals surface area contributed by atoms with Crippen molar-refractivity contribution in [1.29, 1.82) is 0 Å². The summed E-state index contributed by atoms with van der Waals surface area (Å²) in [6.07, 6.45) is 2.69. The first-order chi connectivity index (χ1) is 11.4. The zero-order chi connectivity index (χ0) is 17.3. The summed E-state index contributed by atoms with van der Waals surface area (Å²) in [7, 11) is 0. The van der Waals surface area contributed by atoms with E-state index in [1.54, 1.807) is 16.9 Å². The molecule has 24 heavy (non-hydrogen) atoms. The zero-order valence-corrected chi connectivity index (χ0v) is 13.3. The largest absolute Gasteiger partial charge is 0.417 e. The molecule has 2 saturated carbocycles. The molecule has 0 N–H and O–H groups in total. The Balaban J connectivity index is 0.000000198. The van der Waals surface area contributed by atoms with Crippen LogP contribution in [0.4, 0.5) is 13.2 Å². The van der Waals surface area contributed by atoms with Crippen LogP contribution < -0.4 is 0 Å². The Labute approximate surface area is 137 Å². The van der Waals surface area contributed by atoms with E-state index in [0.717, 1.165) is 36.9 Å². The molecule has 7 heteroatoms. The predicted octanol–water partition coefficient (Wildman–Crippen LogP) is 3.97. The van der Waals surface area contributed by atoms with Gasteiger partial charge in [-0.05, 0) is 37.3 Å². The van der Waals surface area contributed by atoms with Gasteiger partial charge in [0, 0.05) is 43.5 Å². The first-order valence-electron chi connectivity index (χ1n) is 7.94. The van der Waals surface area contributed by atoms with E-state index in [0.29, 0.717) is 23.6 Å². The maximum absolute atomic E-state index is 12.5. The van der Waals surface area contributed by atoms with Gasteiger partial charge >= 0.3 is 6.18 Å².